The van der Waals surface area contributed by atoms with Gasteiger partial charge in [-0.25, -0.2) is 21.6 Å². The van der Waals surface area contributed by atoms with Crippen molar-refractivity contribution in [3.63, 3.8) is 0 Å². The van der Waals surface area contributed by atoms with E-state index in [1.54, 1.807) is 38.1 Å². The van der Waals surface area contributed by atoms with Crippen molar-refractivity contribution in [3.05, 3.63) is 48.0 Å². The highest BCUT2D eigenvalue weighted by Crippen LogP contribution is 2.29. The number of aryl methyl sites for hydroxylation is 1. The third-order valence-electron chi connectivity index (χ3n) is 4.51. The zero-order valence-corrected chi connectivity index (χ0v) is 20.5. The van der Waals surface area contributed by atoms with E-state index >= 15 is 0 Å². The number of hydrogen-bond donors (Lipinski definition) is 2. The zero-order valence-electron chi connectivity index (χ0n) is 18.9. The Hall–Kier alpha value is -2.63. The second-order valence-electron chi connectivity index (χ2n) is 7.70. The molecular formula is C21H29N3O6S2. The molecule has 0 aromatic heterocycles. The van der Waals surface area contributed by atoms with Crippen molar-refractivity contribution in [3.8, 4) is 5.75 Å². The van der Waals surface area contributed by atoms with Gasteiger partial charge in [-0.15, -0.1) is 0 Å². The molecule has 0 saturated heterocycles. The van der Waals surface area contributed by atoms with Gasteiger partial charge in [0.15, 0.2) is 0 Å². The van der Waals surface area contributed by atoms with Crippen molar-refractivity contribution < 1.29 is 26.4 Å². The monoisotopic (exact) mass is 483 g/mol. The largest absolute Gasteiger partial charge is 0.495 e. The number of hydrogen-bond acceptors (Lipinski definition) is 6. The van der Waals surface area contributed by atoms with Gasteiger partial charge in [-0.2, -0.15) is 0 Å². The predicted molar refractivity (Wildman–Crippen MR) is 125 cm³/mol. The van der Waals surface area contributed by atoms with Crippen LogP contribution in [0.2, 0.25) is 0 Å². The molecular weight excluding hydrogens is 454 g/mol. The van der Waals surface area contributed by atoms with Gasteiger partial charge in [0.25, 0.3) is 0 Å². The molecule has 1 amide bonds. The first-order valence-corrected chi connectivity index (χ1v) is 13.2. The van der Waals surface area contributed by atoms with Crippen LogP contribution in [0.15, 0.2) is 47.4 Å². The fraction of sp³-hybridized carbons (Fsp3) is 0.381. The van der Waals surface area contributed by atoms with Crippen molar-refractivity contribution in [2.45, 2.75) is 44.7 Å². The number of ether oxygens (including phenoxy) is 1. The van der Waals surface area contributed by atoms with Gasteiger partial charge in [0.1, 0.15) is 11.8 Å². The lowest BCUT2D eigenvalue weighted by atomic mass is 10.2. The summed E-state index contributed by atoms with van der Waals surface area (Å²) in [4.78, 5) is 12.9. The number of benzene rings is 2. The SMILES string of the molecule is COc1ccc(S(=O)(=O)NC(C)C)cc1NC(=O)C(C)N(c1ccc(C)cc1)S(C)(=O)=O. The van der Waals surface area contributed by atoms with E-state index in [4.69, 9.17) is 4.74 Å². The maximum Gasteiger partial charge on any atom is 0.248 e. The van der Waals surface area contributed by atoms with E-state index in [-0.39, 0.29) is 22.4 Å². The highest BCUT2D eigenvalue weighted by Gasteiger charge is 2.30. The molecule has 0 aliphatic carbocycles. The normalized spacial score (nSPS) is 13.0. The van der Waals surface area contributed by atoms with Gasteiger partial charge in [-0.05, 0) is 58.0 Å². The van der Waals surface area contributed by atoms with E-state index in [0.29, 0.717) is 5.69 Å². The molecule has 0 aliphatic rings. The Labute approximate surface area is 189 Å². The van der Waals surface area contributed by atoms with Crippen LogP contribution in [0.3, 0.4) is 0 Å². The average molecular weight is 484 g/mol. The van der Waals surface area contributed by atoms with Crippen molar-refractivity contribution >= 4 is 37.3 Å². The Morgan fingerprint density at radius 1 is 1.00 bits per heavy atom. The summed E-state index contributed by atoms with van der Waals surface area (Å²) in [6.45, 7) is 6.70. The van der Waals surface area contributed by atoms with E-state index in [0.717, 1.165) is 16.1 Å². The Kier molecular flexibility index (Phi) is 7.92. The number of sulfonamides is 2. The first-order valence-electron chi connectivity index (χ1n) is 9.83. The molecule has 0 radical (unpaired) electrons. The molecule has 0 bridgehead atoms. The van der Waals surface area contributed by atoms with E-state index in [1.807, 2.05) is 6.92 Å². The second kappa shape index (κ2) is 9.88. The summed E-state index contributed by atoms with van der Waals surface area (Å²) in [6, 6.07) is 9.34. The summed E-state index contributed by atoms with van der Waals surface area (Å²) >= 11 is 0. The minimum atomic E-state index is -3.81. The fourth-order valence-corrected chi connectivity index (χ4v) is 5.52. The molecule has 32 heavy (non-hydrogen) atoms. The molecule has 0 fully saturated rings. The third kappa shape index (κ3) is 6.21. The Morgan fingerprint density at radius 2 is 1.59 bits per heavy atom. The fourth-order valence-electron chi connectivity index (χ4n) is 3.07. The summed E-state index contributed by atoms with van der Waals surface area (Å²) in [6.07, 6.45) is 1.02. The lowest BCUT2D eigenvalue weighted by Gasteiger charge is -2.28. The molecule has 2 aromatic carbocycles. The average Bonchev–Trinajstić information content (AvgIpc) is 2.67. The molecule has 2 rings (SSSR count). The first-order chi connectivity index (χ1) is 14.8. The van der Waals surface area contributed by atoms with Gasteiger partial charge in [0.2, 0.25) is 26.0 Å². The number of methoxy groups -OCH3 is 1. The molecule has 11 heteroatoms. The smallest absolute Gasteiger partial charge is 0.248 e. The van der Waals surface area contributed by atoms with Crippen LogP contribution in [0.5, 0.6) is 5.75 Å². The number of amides is 1. The van der Waals surface area contributed by atoms with Gasteiger partial charge in [-0.1, -0.05) is 17.7 Å². The minimum Gasteiger partial charge on any atom is -0.495 e. The summed E-state index contributed by atoms with van der Waals surface area (Å²) in [5, 5.41) is 2.60. The lowest BCUT2D eigenvalue weighted by molar-refractivity contribution is -0.116. The summed E-state index contributed by atoms with van der Waals surface area (Å²) in [5.41, 5.74) is 1.38. The molecule has 1 atom stereocenters. The van der Waals surface area contributed by atoms with Crippen LogP contribution in [-0.2, 0) is 24.8 Å². The Morgan fingerprint density at radius 3 is 2.09 bits per heavy atom. The first kappa shape index (κ1) is 25.6. The van der Waals surface area contributed by atoms with Crippen molar-refractivity contribution in [2.24, 2.45) is 0 Å². The Balaban J connectivity index is 2.41. The van der Waals surface area contributed by atoms with E-state index < -0.39 is 32.0 Å². The van der Waals surface area contributed by atoms with Crippen LogP contribution in [0.25, 0.3) is 0 Å². The van der Waals surface area contributed by atoms with Crippen LogP contribution < -0.4 is 19.1 Å². The molecule has 1 unspecified atom stereocenters. The predicted octanol–water partition coefficient (Wildman–Crippen LogP) is 2.48. The van der Waals surface area contributed by atoms with Gasteiger partial charge in [0, 0.05) is 6.04 Å². The standard InChI is InChI=1S/C21H29N3O6S2/c1-14(2)23-32(28,29)18-11-12-20(30-5)19(13-18)22-21(25)16(4)24(31(6,26)27)17-9-7-15(3)8-10-17/h7-14,16,23H,1-6H3,(H,22,25). The molecule has 0 aliphatic heterocycles. The number of nitrogens with one attached hydrogen (secondary N) is 2. The van der Waals surface area contributed by atoms with E-state index in [1.165, 1.54) is 32.2 Å². The molecule has 0 saturated carbocycles. The minimum absolute atomic E-state index is 0.0616. The summed E-state index contributed by atoms with van der Waals surface area (Å²) in [5.74, 6) is -0.420. The van der Waals surface area contributed by atoms with Crippen molar-refractivity contribution in [1.82, 2.24) is 4.72 Å². The molecule has 0 spiro atoms. The third-order valence-corrected chi connectivity index (χ3v) is 7.40. The lowest BCUT2D eigenvalue weighted by Crippen LogP contribution is -2.45. The second-order valence-corrected chi connectivity index (χ2v) is 11.3. The van der Waals surface area contributed by atoms with Crippen LogP contribution in [0, 0.1) is 6.92 Å². The highest BCUT2D eigenvalue weighted by molar-refractivity contribution is 7.92. The summed E-state index contributed by atoms with van der Waals surface area (Å²) in [7, 11) is -6.23. The van der Waals surface area contributed by atoms with Gasteiger partial charge in [0.05, 0.1) is 29.6 Å². The highest BCUT2D eigenvalue weighted by atomic mass is 32.2. The van der Waals surface area contributed by atoms with Crippen LogP contribution in [0.1, 0.15) is 26.3 Å². The van der Waals surface area contributed by atoms with Crippen LogP contribution in [-0.4, -0.2) is 48.2 Å². The van der Waals surface area contributed by atoms with Gasteiger partial charge in [-0.3, -0.25) is 9.10 Å². The van der Waals surface area contributed by atoms with Crippen molar-refractivity contribution in [2.75, 3.05) is 23.0 Å². The molecule has 176 valence electrons. The molecule has 0 heterocycles. The van der Waals surface area contributed by atoms with Crippen molar-refractivity contribution in [1.29, 1.82) is 0 Å². The summed E-state index contributed by atoms with van der Waals surface area (Å²) < 4.78 is 58.7. The van der Waals surface area contributed by atoms with Gasteiger partial charge >= 0.3 is 0 Å². The Bertz CT molecular complexity index is 1180. The maximum atomic E-state index is 13.0. The number of anilines is 2. The van der Waals surface area contributed by atoms with Crippen LogP contribution >= 0.6 is 0 Å². The van der Waals surface area contributed by atoms with Crippen LogP contribution in [0.4, 0.5) is 11.4 Å². The topological polar surface area (TPSA) is 122 Å². The molecule has 9 nitrogen and oxygen atoms in total. The molecule has 2 N–H and O–H groups in total. The van der Waals surface area contributed by atoms with Gasteiger partial charge < -0.3 is 10.1 Å². The number of carbonyl (C=O) groups excluding carboxylic acids is 1. The number of rotatable bonds is 9. The number of nitrogens with zero attached hydrogens (tertiary/aromatic N) is 1. The zero-order chi connectivity index (χ0) is 24.3. The van der Waals surface area contributed by atoms with E-state index in [9.17, 15) is 21.6 Å². The maximum absolute atomic E-state index is 13.0. The molecule has 2 aromatic rings. The van der Waals surface area contributed by atoms with E-state index in [2.05, 4.69) is 10.0 Å². The quantitative estimate of drug-likeness (QED) is 0.565. The number of carbonyl (C=O) groups is 1.